The first-order valence-electron chi connectivity index (χ1n) is 14.1. The van der Waals surface area contributed by atoms with Gasteiger partial charge in [0.05, 0.1) is 16.7 Å². The van der Waals surface area contributed by atoms with Crippen LogP contribution in [0.2, 0.25) is 0 Å². The molecule has 0 fully saturated rings. The molecule has 4 aromatic carbocycles. The number of benzene rings is 4. The van der Waals surface area contributed by atoms with Gasteiger partial charge in [-0.2, -0.15) is 0 Å². The van der Waals surface area contributed by atoms with Gasteiger partial charge < -0.3 is 15.3 Å². The van der Waals surface area contributed by atoms with Crippen LogP contribution in [0.5, 0.6) is 17.2 Å². The summed E-state index contributed by atoms with van der Waals surface area (Å²) in [6.45, 7) is 15.5. The van der Waals surface area contributed by atoms with Crippen molar-refractivity contribution >= 4 is 11.1 Å². The maximum atomic E-state index is 11.0. The summed E-state index contributed by atoms with van der Waals surface area (Å²) >= 11 is 0. The SMILES string of the molecule is C=CC=CC(=C)c1ccc(O)c(-c2nc(-c3cc(C(C=C)=CC=C)ccc3O)nc(-c3cc(-c4ccccc4)ccc3O)n2)c1. The quantitative estimate of drug-likeness (QED) is 0.141. The van der Waals surface area contributed by atoms with Crippen molar-refractivity contribution in [1.82, 2.24) is 15.0 Å². The van der Waals surface area contributed by atoms with Gasteiger partial charge in [0.25, 0.3) is 0 Å². The zero-order valence-corrected chi connectivity index (χ0v) is 24.6. The van der Waals surface area contributed by atoms with Crippen LogP contribution in [-0.2, 0) is 0 Å². The molecule has 0 unspecified atom stereocenters. The van der Waals surface area contributed by atoms with Gasteiger partial charge in [0.1, 0.15) is 17.2 Å². The molecule has 5 rings (SSSR count). The topological polar surface area (TPSA) is 99.4 Å². The molecule has 0 aliphatic heterocycles. The predicted octanol–water partition coefficient (Wildman–Crippen LogP) is 9.17. The molecule has 0 aliphatic rings. The van der Waals surface area contributed by atoms with Crippen LogP contribution in [0.3, 0.4) is 0 Å². The Hall–Kier alpha value is -6.27. The standard InChI is InChI=1S/C39H31N3O3/c1-5-8-13-25(4)28-16-19-34(43)31(22-28)37-40-38(32-23-29(17-20-35(32)44)26(7-3)12-6-2)42-39(41-37)33-24-30(18-21-36(33)45)27-14-10-9-11-15-27/h5-24,43-45H,1-4H2. The van der Waals surface area contributed by atoms with Crippen molar-refractivity contribution in [2.24, 2.45) is 0 Å². The van der Waals surface area contributed by atoms with Gasteiger partial charge in [-0.1, -0.05) is 111 Å². The van der Waals surface area contributed by atoms with Crippen LogP contribution in [0.15, 0.2) is 148 Å². The van der Waals surface area contributed by atoms with E-state index in [0.717, 1.165) is 27.8 Å². The fraction of sp³-hybridized carbons (Fsp3) is 0. The Morgan fingerprint density at radius 1 is 0.578 bits per heavy atom. The van der Waals surface area contributed by atoms with Crippen LogP contribution in [0.25, 0.3) is 56.4 Å². The molecular formula is C39H31N3O3. The number of allylic oxidation sites excluding steroid dienone is 8. The number of hydrogen-bond acceptors (Lipinski definition) is 6. The maximum absolute atomic E-state index is 11.0. The number of rotatable bonds is 10. The monoisotopic (exact) mass is 589 g/mol. The van der Waals surface area contributed by atoms with E-state index in [1.807, 2.05) is 36.4 Å². The van der Waals surface area contributed by atoms with Crippen LogP contribution >= 0.6 is 0 Å². The van der Waals surface area contributed by atoms with E-state index in [-0.39, 0.29) is 34.7 Å². The molecule has 0 bridgehead atoms. The molecule has 0 saturated heterocycles. The molecule has 6 heteroatoms. The molecule has 3 N–H and O–H groups in total. The summed E-state index contributed by atoms with van der Waals surface area (Å²) in [5.74, 6) is 0.249. The van der Waals surface area contributed by atoms with Gasteiger partial charge in [0, 0.05) is 0 Å². The van der Waals surface area contributed by atoms with Crippen LogP contribution in [0.4, 0.5) is 0 Å². The lowest BCUT2D eigenvalue weighted by atomic mass is 10.0. The van der Waals surface area contributed by atoms with E-state index in [1.165, 1.54) is 0 Å². The second-order valence-corrected chi connectivity index (χ2v) is 10.0. The Morgan fingerprint density at radius 3 is 1.67 bits per heavy atom. The first-order valence-corrected chi connectivity index (χ1v) is 14.1. The zero-order chi connectivity index (χ0) is 31.9. The van der Waals surface area contributed by atoms with E-state index in [2.05, 4.69) is 26.3 Å². The van der Waals surface area contributed by atoms with E-state index in [9.17, 15) is 15.3 Å². The second kappa shape index (κ2) is 13.4. The lowest BCUT2D eigenvalue weighted by Gasteiger charge is -2.13. The summed E-state index contributed by atoms with van der Waals surface area (Å²) in [5.41, 5.74) is 5.74. The largest absolute Gasteiger partial charge is 0.507 e. The highest BCUT2D eigenvalue weighted by molar-refractivity contribution is 5.82. The first-order chi connectivity index (χ1) is 21.8. The van der Waals surface area contributed by atoms with Crippen LogP contribution in [0, 0.1) is 0 Å². The lowest BCUT2D eigenvalue weighted by Crippen LogP contribution is -2.01. The third-order valence-electron chi connectivity index (χ3n) is 7.11. The first kappa shape index (κ1) is 30.2. The van der Waals surface area contributed by atoms with Crippen molar-refractivity contribution in [2.75, 3.05) is 0 Å². The van der Waals surface area contributed by atoms with Gasteiger partial charge in [-0.15, -0.1) is 0 Å². The molecule has 6 nitrogen and oxygen atoms in total. The Kier molecular flexibility index (Phi) is 8.96. The summed E-state index contributed by atoms with van der Waals surface area (Å²) in [5, 5.41) is 33.0. The fourth-order valence-electron chi connectivity index (χ4n) is 4.76. The van der Waals surface area contributed by atoms with Gasteiger partial charge in [-0.25, -0.2) is 15.0 Å². The molecule has 0 amide bonds. The Morgan fingerprint density at radius 2 is 1.11 bits per heavy atom. The predicted molar refractivity (Wildman–Crippen MR) is 183 cm³/mol. The smallest absolute Gasteiger partial charge is 0.167 e. The highest BCUT2D eigenvalue weighted by atomic mass is 16.3. The minimum Gasteiger partial charge on any atom is -0.507 e. The molecule has 1 heterocycles. The molecule has 5 aromatic rings. The van der Waals surface area contributed by atoms with Crippen LogP contribution < -0.4 is 0 Å². The number of aromatic nitrogens is 3. The lowest BCUT2D eigenvalue weighted by molar-refractivity contribution is 0.476. The summed E-state index contributed by atoms with van der Waals surface area (Å²) in [7, 11) is 0. The average molecular weight is 590 g/mol. The van der Waals surface area contributed by atoms with E-state index < -0.39 is 0 Å². The van der Waals surface area contributed by atoms with Gasteiger partial charge in [-0.05, 0) is 69.8 Å². The number of aromatic hydroxyl groups is 3. The van der Waals surface area contributed by atoms with Crippen molar-refractivity contribution < 1.29 is 15.3 Å². The minimum absolute atomic E-state index is 0.0421. The fourth-order valence-corrected chi connectivity index (χ4v) is 4.76. The maximum Gasteiger partial charge on any atom is 0.167 e. The molecule has 0 spiro atoms. The summed E-state index contributed by atoms with van der Waals surface area (Å²) in [6, 6.07) is 25.0. The van der Waals surface area contributed by atoms with Gasteiger partial charge in [-0.3, -0.25) is 0 Å². The van der Waals surface area contributed by atoms with Crippen molar-refractivity contribution in [1.29, 1.82) is 0 Å². The molecule has 220 valence electrons. The molecule has 0 radical (unpaired) electrons. The van der Waals surface area contributed by atoms with Crippen molar-refractivity contribution in [3.63, 3.8) is 0 Å². The molecule has 0 aliphatic carbocycles. The summed E-state index contributed by atoms with van der Waals surface area (Å²) in [4.78, 5) is 14.2. The molecule has 0 atom stereocenters. The number of hydrogen-bond donors (Lipinski definition) is 3. The number of nitrogens with zero attached hydrogens (tertiary/aromatic N) is 3. The number of phenolic OH excluding ortho intramolecular Hbond substituents is 3. The number of phenols is 3. The molecule has 45 heavy (non-hydrogen) atoms. The normalized spacial score (nSPS) is 11.3. The van der Waals surface area contributed by atoms with Gasteiger partial charge in [0.15, 0.2) is 17.5 Å². The zero-order valence-electron chi connectivity index (χ0n) is 24.6. The third-order valence-corrected chi connectivity index (χ3v) is 7.11. The van der Waals surface area contributed by atoms with Gasteiger partial charge >= 0.3 is 0 Å². The Bertz CT molecular complexity index is 2010. The van der Waals surface area contributed by atoms with Crippen molar-refractivity contribution in [2.45, 2.75) is 0 Å². The third kappa shape index (κ3) is 6.55. The van der Waals surface area contributed by atoms with Gasteiger partial charge in [0.2, 0.25) is 0 Å². The van der Waals surface area contributed by atoms with Crippen LogP contribution in [0.1, 0.15) is 11.1 Å². The summed E-state index contributed by atoms with van der Waals surface area (Å²) < 4.78 is 0. The molecule has 1 aromatic heterocycles. The second-order valence-electron chi connectivity index (χ2n) is 10.0. The van der Waals surface area contributed by atoms with E-state index in [4.69, 9.17) is 15.0 Å². The van der Waals surface area contributed by atoms with E-state index >= 15 is 0 Å². The Labute approximate surface area is 262 Å². The molecular weight excluding hydrogens is 558 g/mol. The molecule has 0 saturated carbocycles. The van der Waals surface area contributed by atoms with E-state index in [0.29, 0.717) is 22.3 Å². The van der Waals surface area contributed by atoms with E-state index in [1.54, 1.807) is 85.0 Å². The summed E-state index contributed by atoms with van der Waals surface area (Å²) in [6.07, 6.45) is 10.4. The highest BCUT2D eigenvalue weighted by Gasteiger charge is 2.20. The average Bonchev–Trinajstić information content (AvgIpc) is 3.07. The Balaban J connectivity index is 1.77. The highest BCUT2D eigenvalue weighted by Crippen LogP contribution is 2.38. The van der Waals surface area contributed by atoms with Crippen LogP contribution in [-0.4, -0.2) is 30.3 Å². The van der Waals surface area contributed by atoms with Crippen molar-refractivity contribution in [3.8, 4) is 62.5 Å². The minimum atomic E-state index is -0.0644. The van der Waals surface area contributed by atoms with Crippen molar-refractivity contribution in [3.05, 3.63) is 159 Å².